The Morgan fingerprint density at radius 1 is 1.00 bits per heavy atom. The van der Waals surface area contributed by atoms with E-state index in [9.17, 15) is 0 Å². The molecule has 0 saturated carbocycles. The average molecular weight is 281 g/mol. The summed E-state index contributed by atoms with van der Waals surface area (Å²) < 4.78 is 5.72. The van der Waals surface area contributed by atoms with Gasteiger partial charge in [-0.1, -0.05) is 30.3 Å². The van der Waals surface area contributed by atoms with Gasteiger partial charge in [-0.05, 0) is 24.3 Å². The summed E-state index contributed by atoms with van der Waals surface area (Å²) in [5.74, 6) is 0.700. The zero-order valence-electron chi connectivity index (χ0n) is 11.9. The molecular weight excluding hydrogens is 262 g/mol. The third-order valence-corrected chi connectivity index (χ3v) is 3.15. The molecule has 0 aliphatic heterocycles. The van der Waals surface area contributed by atoms with Gasteiger partial charge in [0.2, 0.25) is 0 Å². The van der Waals surface area contributed by atoms with Crippen LogP contribution < -0.4 is 15.4 Å². The zero-order chi connectivity index (χ0) is 14.9. The summed E-state index contributed by atoms with van der Waals surface area (Å²) in [5.41, 5.74) is 7.58. The number of nitrogen functional groups attached to an aromatic ring is 1. The molecule has 0 heterocycles. The van der Waals surface area contributed by atoms with E-state index < -0.39 is 0 Å². The van der Waals surface area contributed by atoms with Gasteiger partial charge in [0.1, 0.15) is 12.4 Å². The van der Waals surface area contributed by atoms with E-state index in [1.165, 1.54) is 0 Å². The number of hydrogen-bond donors (Lipinski definition) is 1. The number of rotatable bonds is 7. The zero-order valence-corrected chi connectivity index (χ0v) is 11.9. The standard InChI is InChI=1S/C17H19N3O/c18-11-6-12-20(15-7-2-1-3-8-15)13-14-21-17-10-5-4-9-16(17)19/h1-5,7-10H,6,12-14,19H2. The van der Waals surface area contributed by atoms with Gasteiger partial charge in [-0.25, -0.2) is 0 Å². The Bertz CT molecular complexity index is 592. The molecule has 0 atom stereocenters. The predicted octanol–water partition coefficient (Wildman–Crippen LogP) is 3.07. The second kappa shape index (κ2) is 7.81. The van der Waals surface area contributed by atoms with E-state index in [4.69, 9.17) is 15.7 Å². The van der Waals surface area contributed by atoms with Crippen molar-refractivity contribution in [2.24, 2.45) is 0 Å². The topological polar surface area (TPSA) is 62.3 Å². The fourth-order valence-electron chi connectivity index (χ4n) is 2.07. The molecule has 0 unspecified atom stereocenters. The molecule has 2 aromatic rings. The van der Waals surface area contributed by atoms with Crippen molar-refractivity contribution in [2.75, 3.05) is 30.3 Å². The van der Waals surface area contributed by atoms with Crippen LogP contribution in [0.1, 0.15) is 6.42 Å². The maximum Gasteiger partial charge on any atom is 0.142 e. The van der Waals surface area contributed by atoms with Crippen molar-refractivity contribution >= 4 is 11.4 Å². The molecule has 0 aliphatic rings. The van der Waals surface area contributed by atoms with Crippen LogP contribution in [0.15, 0.2) is 54.6 Å². The summed E-state index contributed by atoms with van der Waals surface area (Å²) in [6.07, 6.45) is 0.488. The van der Waals surface area contributed by atoms with Crippen LogP contribution in [0.3, 0.4) is 0 Å². The summed E-state index contributed by atoms with van der Waals surface area (Å²) in [5, 5.41) is 8.78. The third-order valence-electron chi connectivity index (χ3n) is 3.15. The lowest BCUT2D eigenvalue weighted by Crippen LogP contribution is -2.29. The van der Waals surface area contributed by atoms with Crippen LogP contribution in [0.25, 0.3) is 0 Å². The Kier molecular flexibility index (Phi) is 5.48. The van der Waals surface area contributed by atoms with Gasteiger partial charge < -0.3 is 15.4 Å². The molecule has 0 spiro atoms. The van der Waals surface area contributed by atoms with E-state index in [0.717, 1.165) is 5.69 Å². The second-order valence-electron chi connectivity index (χ2n) is 4.62. The molecule has 21 heavy (non-hydrogen) atoms. The fourth-order valence-corrected chi connectivity index (χ4v) is 2.07. The molecule has 0 radical (unpaired) electrons. The van der Waals surface area contributed by atoms with Crippen LogP contribution in [-0.4, -0.2) is 19.7 Å². The van der Waals surface area contributed by atoms with E-state index in [2.05, 4.69) is 11.0 Å². The molecule has 2 rings (SSSR count). The monoisotopic (exact) mass is 281 g/mol. The van der Waals surface area contributed by atoms with E-state index in [-0.39, 0.29) is 0 Å². The highest BCUT2D eigenvalue weighted by Crippen LogP contribution is 2.20. The van der Waals surface area contributed by atoms with Crippen molar-refractivity contribution in [3.8, 4) is 11.8 Å². The van der Waals surface area contributed by atoms with Crippen LogP contribution >= 0.6 is 0 Å². The molecule has 0 saturated heterocycles. The molecule has 0 fully saturated rings. The van der Waals surface area contributed by atoms with Crippen molar-refractivity contribution in [3.63, 3.8) is 0 Å². The van der Waals surface area contributed by atoms with Crippen LogP contribution in [0, 0.1) is 11.3 Å². The van der Waals surface area contributed by atoms with Crippen LogP contribution in [0.4, 0.5) is 11.4 Å². The molecule has 0 aliphatic carbocycles. The summed E-state index contributed by atoms with van der Waals surface area (Å²) in [6, 6.07) is 19.7. The van der Waals surface area contributed by atoms with Gasteiger partial charge in [0.05, 0.1) is 24.7 Å². The molecular formula is C17H19N3O. The minimum atomic E-state index is 0.488. The number of nitrogens with two attached hydrogens (primary N) is 1. The second-order valence-corrected chi connectivity index (χ2v) is 4.62. The first-order valence-electron chi connectivity index (χ1n) is 6.95. The number of hydrogen-bond acceptors (Lipinski definition) is 4. The van der Waals surface area contributed by atoms with Crippen molar-refractivity contribution in [3.05, 3.63) is 54.6 Å². The minimum absolute atomic E-state index is 0.488. The van der Waals surface area contributed by atoms with Gasteiger partial charge in [-0.3, -0.25) is 0 Å². The lowest BCUT2D eigenvalue weighted by Gasteiger charge is -2.24. The van der Waals surface area contributed by atoms with Gasteiger partial charge in [-0.2, -0.15) is 5.26 Å². The van der Waals surface area contributed by atoms with Crippen LogP contribution in [-0.2, 0) is 0 Å². The Balaban J connectivity index is 1.94. The molecule has 0 aromatic heterocycles. The van der Waals surface area contributed by atoms with E-state index in [1.54, 1.807) is 0 Å². The Morgan fingerprint density at radius 2 is 1.71 bits per heavy atom. The summed E-state index contributed by atoms with van der Waals surface area (Å²) in [4.78, 5) is 2.14. The summed E-state index contributed by atoms with van der Waals surface area (Å²) in [7, 11) is 0. The number of nitrogens with zero attached hydrogens (tertiary/aromatic N) is 2. The van der Waals surface area contributed by atoms with Gasteiger partial charge >= 0.3 is 0 Å². The lowest BCUT2D eigenvalue weighted by atomic mass is 10.2. The van der Waals surface area contributed by atoms with E-state index in [0.29, 0.717) is 37.6 Å². The number of nitriles is 1. The normalized spacial score (nSPS) is 9.86. The Hall–Kier alpha value is -2.67. The summed E-state index contributed by atoms with van der Waals surface area (Å²) in [6.45, 7) is 1.92. The van der Waals surface area contributed by atoms with Gasteiger partial charge in [0.15, 0.2) is 0 Å². The summed E-state index contributed by atoms with van der Waals surface area (Å²) >= 11 is 0. The van der Waals surface area contributed by atoms with Crippen molar-refractivity contribution in [2.45, 2.75) is 6.42 Å². The molecule has 108 valence electrons. The maximum absolute atomic E-state index is 8.78. The predicted molar refractivity (Wildman–Crippen MR) is 85.2 cm³/mol. The van der Waals surface area contributed by atoms with Crippen molar-refractivity contribution in [1.29, 1.82) is 5.26 Å². The molecule has 0 amide bonds. The maximum atomic E-state index is 8.78. The highest BCUT2D eigenvalue weighted by Gasteiger charge is 2.06. The van der Waals surface area contributed by atoms with Crippen LogP contribution in [0.2, 0.25) is 0 Å². The molecule has 2 N–H and O–H groups in total. The number of anilines is 2. The molecule has 0 bridgehead atoms. The van der Waals surface area contributed by atoms with Crippen LogP contribution in [0.5, 0.6) is 5.75 Å². The number of para-hydroxylation sites is 3. The first-order valence-corrected chi connectivity index (χ1v) is 6.95. The van der Waals surface area contributed by atoms with Gasteiger partial charge in [0, 0.05) is 12.2 Å². The van der Waals surface area contributed by atoms with Gasteiger partial charge in [-0.15, -0.1) is 0 Å². The van der Waals surface area contributed by atoms with Gasteiger partial charge in [0.25, 0.3) is 0 Å². The highest BCUT2D eigenvalue weighted by atomic mass is 16.5. The number of benzene rings is 2. The van der Waals surface area contributed by atoms with E-state index in [1.807, 2.05) is 54.6 Å². The Morgan fingerprint density at radius 3 is 2.43 bits per heavy atom. The van der Waals surface area contributed by atoms with Crippen molar-refractivity contribution < 1.29 is 4.74 Å². The molecule has 4 heteroatoms. The minimum Gasteiger partial charge on any atom is -0.490 e. The van der Waals surface area contributed by atoms with E-state index >= 15 is 0 Å². The first kappa shape index (κ1) is 14.7. The third kappa shape index (κ3) is 4.43. The average Bonchev–Trinajstić information content (AvgIpc) is 2.53. The number of ether oxygens (including phenoxy) is 1. The highest BCUT2D eigenvalue weighted by molar-refractivity contribution is 5.52. The Labute approximate surface area is 125 Å². The SMILES string of the molecule is N#CCCN(CCOc1ccccc1N)c1ccccc1. The smallest absolute Gasteiger partial charge is 0.142 e. The molecule has 4 nitrogen and oxygen atoms in total. The fraction of sp³-hybridized carbons (Fsp3) is 0.235. The van der Waals surface area contributed by atoms with Crippen molar-refractivity contribution in [1.82, 2.24) is 0 Å². The largest absolute Gasteiger partial charge is 0.490 e. The first-order chi connectivity index (χ1) is 10.3. The molecule has 2 aromatic carbocycles. The quantitative estimate of drug-likeness (QED) is 0.792. The lowest BCUT2D eigenvalue weighted by molar-refractivity contribution is 0.325.